The first-order valence-electron chi connectivity index (χ1n) is 10.2. The smallest absolute Gasteiger partial charge is 0.258 e. The molecule has 1 N–H and O–H groups in total. The lowest BCUT2D eigenvalue weighted by Crippen LogP contribution is -2.33. The molecule has 0 saturated heterocycles. The number of benzene rings is 1. The normalized spacial score (nSPS) is 20.8. The average Bonchev–Trinajstić information content (AvgIpc) is 2.67. The average molecular weight is 436 g/mol. The number of hydrogen-bond acceptors (Lipinski definition) is 6. The number of aliphatic hydroxyl groups is 1. The van der Waals surface area contributed by atoms with Gasteiger partial charge in [0.1, 0.15) is 5.75 Å². The molecule has 1 fully saturated rings. The summed E-state index contributed by atoms with van der Waals surface area (Å²) in [6.07, 6.45) is 5.21. The minimum absolute atomic E-state index is 0.00297. The summed E-state index contributed by atoms with van der Waals surface area (Å²) in [6, 6.07) is 9.34. The highest BCUT2D eigenvalue weighted by Crippen LogP contribution is 2.30. The summed E-state index contributed by atoms with van der Waals surface area (Å²) in [5.74, 6) is 0.613. The van der Waals surface area contributed by atoms with Crippen LogP contribution >= 0.6 is 0 Å². The molecule has 1 aromatic heterocycles. The van der Waals surface area contributed by atoms with Crippen LogP contribution in [0.2, 0.25) is 0 Å². The number of sulfone groups is 1. The van der Waals surface area contributed by atoms with Crippen LogP contribution in [0.3, 0.4) is 0 Å². The zero-order chi connectivity index (χ0) is 21.9. The second kappa shape index (κ2) is 9.32. The Morgan fingerprint density at radius 1 is 1.07 bits per heavy atom. The van der Waals surface area contributed by atoms with E-state index in [2.05, 4.69) is 0 Å². The molecule has 0 radical (unpaired) electrons. The van der Waals surface area contributed by atoms with E-state index >= 15 is 0 Å². The number of hydrogen-bond donors (Lipinski definition) is 1. The Bertz CT molecular complexity index is 1000. The van der Waals surface area contributed by atoms with Gasteiger partial charge in [0.2, 0.25) is 0 Å². The molecule has 0 aliphatic heterocycles. The van der Waals surface area contributed by atoms with Crippen molar-refractivity contribution in [1.82, 2.24) is 4.57 Å². The third kappa shape index (κ3) is 5.71. The molecule has 0 amide bonds. The summed E-state index contributed by atoms with van der Waals surface area (Å²) in [4.78, 5) is 12.7. The van der Waals surface area contributed by atoms with E-state index in [1.54, 1.807) is 24.4 Å². The number of aliphatic hydroxyl groups excluding tert-OH is 1. The van der Waals surface area contributed by atoms with Gasteiger partial charge in [0.25, 0.3) is 5.56 Å². The fourth-order valence-corrected chi connectivity index (χ4v) is 4.31. The minimum Gasteiger partial charge on any atom is -0.490 e. The van der Waals surface area contributed by atoms with E-state index in [4.69, 9.17) is 9.47 Å². The topological polar surface area (TPSA) is 94.8 Å². The molecule has 1 unspecified atom stereocenters. The molecule has 1 aliphatic rings. The molecule has 30 heavy (non-hydrogen) atoms. The Balaban J connectivity index is 1.62. The van der Waals surface area contributed by atoms with Crippen molar-refractivity contribution in [2.24, 2.45) is 5.92 Å². The quantitative estimate of drug-likeness (QED) is 0.672. The van der Waals surface area contributed by atoms with Crippen molar-refractivity contribution < 1.29 is 23.0 Å². The van der Waals surface area contributed by atoms with Crippen LogP contribution < -0.4 is 10.3 Å². The van der Waals surface area contributed by atoms with Crippen molar-refractivity contribution >= 4 is 9.84 Å². The number of pyridine rings is 1. The Kier molecular flexibility index (Phi) is 7.00. The van der Waals surface area contributed by atoms with Crippen molar-refractivity contribution in [3.8, 4) is 11.4 Å². The summed E-state index contributed by atoms with van der Waals surface area (Å²) in [6.45, 7) is 3.81. The van der Waals surface area contributed by atoms with Crippen LogP contribution in [0, 0.1) is 5.92 Å². The van der Waals surface area contributed by atoms with E-state index in [1.165, 1.54) is 22.8 Å². The third-order valence-electron chi connectivity index (χ3n) is 5.27. The van der Waals surface area contributed by atoms with E-state index in [-0.39, 0.29) is 28.6 Å². The molecular formula is C22H29NO6S. The highest BCUT2D eigenvalue weighted by atomic mass is 32.2. The van der Waals surface area contributed by atoms with Crippen molar-refractivity contribution in [2.45, 2.75) is 62.9 Å². The van der Waals surface area contributed by atoms with E-state index in [1.807, 2.05) is 13.8 Å². The van der Waals surface area contributed by atoms with Gasteiger partial charge in [-0.2, -0.15) is 0 Å². The molecule has 8 heteroatoms. The number of aromatic nitrogens is 1. The highest BCUT2D eigenvalue weighted by Gasteiger charge is 2.28. The molecule has 1 saturated carbocycles. The second-order valence-electron chi connectivity index (χ2n) is 8.07. The van der Waals surface area contributed by atoms with E-state index in [0.29, 0.717) is 11.4 Å². The number of rotatable bonds is 7. The molecule has 0 spiro atoms. The zero-order valence-electron chi connectivity index (χ0n) is 17.5. The predicted octanol–water partition coefficient (Wildman–Crippen LogP) is 2.92. The van der Waals surface area contributed by atoms with Crippen LogP contribution in [0.5, 0.6) is 5.75 Å². The van der Waals surface area contributed by atoms with Gasteiger partial charge in [-0.05, 0) is 69.9 Å². The second-order valence-corrected chi connectivity index (χ2v) is 10.1. The maximum Gasteiger partial charge on any atom is 0.258 e. The third-order valence-corrected chi connectivity index (χ3v) is 6.40. The van der Waals surface area contributed by atoms with Crippen molar-refractivity contribution in [3.63, 3.8) is 0 Å². The molecule has 0 bridgehead atoms. The van der Waals surface area contributed by atoms with Crippen LogP contribution in [0.25, 0.3) is 5.69 Å². The van der Waals surface area contributed by atoms with E-state index in [0.717, 1.165) is 31.9 Å². The molecule has 164 valence electrons. The van der Waals surface area contributed by atoms with Crippen LogP contribution in [0.15, 0.2) is 52.3 Å². The summed E-state index contributed by atoms with van der Waals surface area (Å²) in [5, 5.41) is 10.1. The summed E-state index contributed by atoms with van der Waals surface area (Å²) in [7, 11) is -3.28. The van der Waals surface area contributed by atoms with Gasteiger partial charge in [-0.1, -0.05) is 0 Å². The monoisotopic (exact) mass is 435 g/mol. The Hall–Kier alpha value is -2.16. The van der Waals surface area contributed by atoms with Crippen LogP contribution in [-0.2, 0) is 14.6 Å². The lowest BCUT2D eigenvalue weighted by atomic mass is 9.87. The maximum atomic E-state index is 12.5. The molecule has 2 aromatic rings. The van der Waals surface area contributed by atoms with Gasteiger partial charge in [-0.15, -0.1) is 0 Å². The minimum atomic E-state index is -3.28. The molecular weight excluding hydrogens is 406 g/mol. The highest BCUT2D eigenvalue weighted by molar-refractivity contribution is 7.90. The largest absolute Gasteiger partial charge is 0.490 e. The number of nitrogens with zero attached hydrogens (tertiary/aromatic N) is 1. The molecule has 1 aliphatic carbocycles. The molecule has 1 atom stereocenters. The summed E-state index contributed by atoms with van der Waals surface area (Å²) in [5.41, 5.74) is 0.327. The van der Waals surface area contributed by atoms with Gasteiger partial charge in [0, 0.05) is 30.1 Å². The van der Waals surface area contributed by atoms with Gasteiger partial charge in [-0.3, -0.25) is 9.36 Å². The Morgan fingerprint density at radius 3 is 2.23 bits per heavy atom. The van der Waals surface area contributed by atoms with Gasteiger partial charge >= 0.3 is 0 Å². The molecule has 1 heterocycles. The summed E-state index contributed by atoms with van der Waals surface area (Å²) < 4.78 is 36.1. The first-order valence-corrected chi connectivity index (χ1v) is 12.1. The molecule has 3 rings (SSSR count). The zero-order valence-corrected chi connectivity index (χ0v) is 18.3. The Morgan fingerprint density at radius 2 is 1.70 bits per heavy atom. The van der Waals surface area contributed by atoms with Gasteiger partial charge < -0.3 is 14.6 Å². The van der Waals surface area contributed by atoms with Gasteiger partial charge in [0.15, 0.2) is 16.1 Å². The molecule has 7 nitrogen and oxygen atoms in total. The van der Waals surface area contributed by atoms with Gasteiger partial charge in [0.05, 0.1) is 17.1 Å². The fourth-order valence-electron chi connectivity index (χ4n) is 3.68. The lowest BCUT2D eigenvalue weighted by Gasteiger charge is -2.32. The standard InChI is InChI=1S/C22H29NO6S/c1-15(2)28-22(25)16-4-8-18(9-5-16)29-19-12-13-23(21(24)14-19)17-6-10-20(11-7-17)30(3,26)27/h6-7,10-16,18,22,25H,4-5,8-9H2,1-3H3/t16-,18-,22?. The Labute approximate surface area is 177 Å². The SMILES string of the molecule is CC(C)OC(O)[C@H]1CC[C@H](Oc2ccn(-c3ccc(S(C)(=O)=O)cc3)c(=O)c2)CC1. The van der Waals surface area contributed by atoms with Crippen molar-refractivity contribution in [2.75, 3.05) is 6.26 Å². The van der Waals surface area contributed by atoms with Gasteiger partial charge in [-0.25, -0.2) is 8.42 Å². The van der Waals surface area contributed by atoms with Crippen molar-refractivity contribution in [1.29, 1.82) is 0 Å². The predicted molar refractivity (Wildman–Crippen MR) is 114 cm³/mol. The summed E-state index contributed by atoms with van der Waals surface area (Å²) >= 11 is 0. The number of ether oxygens (including phenoxy) is 2. The van der Waals surface area contributed by atoms with E-state index in [9.17, 15) is 18.3 Å². The van der Waals surface area contributed by atoms with Crippen LogP contribution in [-0.4, -0.2) is 42.8 Å². The van der Waals surface area contributed by atoms with Crippen molar-refractivity contribution in [3.05, 3.63) is 52.9 Å². The van der Waals surface area contributed by atoms with E-state index < -0.39 is 16.1 Å². The van der Waals surface area contributed by atoms with Crippen LogP contribution in [0.1, 0.15) is 39.5 Å². The first kappa shape index (κ1) is 22.5. The fraction of sp³-hybridized carbons (Fsp3) is 0.500. The van der Waals surface area contributed by atoms with Crippen LogP contribution in [0.4, 0.5) is 0 Å². The first-order chi connectivity index (χ1) is 14.1. The lowest BCUT2D eigenvalue weighted by molar-refractivity contribution is -0.165. The maximum absolute atomic E-state index is 12.5. The molecule has 1 aromatic carbocycles.